The van der Waals surface area contributed by atoms with Crippen LogP contribution in [0.5, 0.6) is 5.75 Å². The first-order valence-corrected chi connectivity index (χ1v) is 7.56. The van der Waals surface area contributed by atoms with E-state index in [2.05, 4.69) is 0 Å². The Kier molecular flexibility index (Phi) is 5.92. The van der Waals surface area contributed by atoms with Crippen molar-refractivity contribution in [1.29, 1.82) is 0 Å². The number of carbonyl (C=O) groups excluding carboxylic acids is 2. The lowest BCUT2D eigenvalue weighted by atomic mass is 9.99. The van der Waals surface area contributed by atoms with E-state index in [4.69, 9.17) is 9.47 Å². The minimum atomic E-state index is -1.09. The van der Waals surface area contributed by atoms with E-state index in [-0.39, 0.29) is 12.5 Å². The first-order chi connectivity index (χ1) is 11.1. The number of ether oxygens (including phenoxy) is 2. The predicted octanol–water partition coefficient (Wildman–Crippen LogP) is 3.58. The van der Waals surface area contributed by atoms with Crippen molar-refractivity contribution in [2.45, 2.75) is 19.8 Å². The fraction of sp³-hybridized carbons (Fsp3) is 0.263. The fourth-order valence-electron chi connectivity index (χ4n) is 2.01. The standard InChI is InChI=1S/C19H20O4/c1-14(2)13-22-18(20)17(15-9-5-3-6-10-15)19(21)23-16-11-7-4-8-12-16/h3-12,14,17H,13H2,1-2H3. The van der Waals surface area contributed by atoms with E-state index in [1.54, 1.807) is 48.5 Å². The van der Waals surface area contributed by atoms with Crippen LogP contribution in [0, 0.1) is 5.92 Å². The van der Waals surface area contributed by atoms with E-state index in [1.807, 2.05) is 26.0 Å². The number of rotatable bonds is 6. The van der Waals surface area contributed by atoms with Gasteiger partial charge in [-0.3, -0.25) is 9.59 Å². The highest BCUT2D eigenvalue weighted by Crippen LogP contribution is 2.21. The summed E-state index contributed by atoms with van der Waals surface area (Å²) in [6, 6.07) is 17.5. The van der Waals surface area contributed by atoms with E-state index >= 15 is 0 Å². The maximum atomic E-state index is 12.5. The molecule has 0 N–H and O–H groups in total. The maximum absolute atomic E-state index is 12.5. The molecule has 4 heteroatoms. The van der Waals surface area contributed by atoms with Crippen molar-refractivity contribution in [2.75, 3.05) is 6.61 Å². The smallest absolute Gasteiger partial charge is 0.330 e. The summed E-state index contributed by atoms with van der Waals surface area (Å²) in [5, 5.41) is 0. The monoisotopic (exact) mass is 312 g/mol. The lowest BCUT2D eigenvalue weighted by molar-refractivity contribution is -0.153. The van der Waals surface area contributed by atoms with Gasteiger partial charge < -0.3 is 9.47 Å². The second-order valence-corrected chi connectivity index (χ2v) is 5.60. The summed E-state index contributed by atoms with van der Waals surface area (Å²) in [5.41, 5.74) is 0.558. The van der Waals surface area contributed by atoms with Crippen molar-refractivity contribution in [2.24, 2.45) is 5.92 Å². The van der Waals surface area contributed by atoms with Crippen LogP contribution < -0.4 is 4.74 Å². The van der Waals surface area contributed by atoms with Crippen molar-refractivity contribution in [3.05, 3.63) is 66.2 Å². The van der Waals surface area contributed by atoms with Gasteiger partial charge in [0.2, 0.25) is 0 Å². The summed E-state index contributed by atoms with van der Waals surface area (Å²) in [6.07, 6.45) is 0. The van der Waals surface area contributed by atoms with E-state index in [9.17, 15) is 9.59 Å². The number of benzene rings is 2. The molecule has 0 amide bonds. The summed E-state index contributed by atoms with van der Waals surface area (Å²) >= 11 is 0. The minimum Gasteiger partial charge on any atom is -0.465 e. The Morgan fingerprint density at radius 1 is 0.870 bits per heavy atom. The van der Waals surface area contributed by atoms with Gasteiger partial charge in [-0.05, 0) is 23.6 Å². The van der Waals surface area contributed by atoms with Crippen molar-refractivity contribution in [1.82, 2.24) is 0 Å². The largest absolute Gasteiger partial charge is 0.465 e. The second kappa shape index (κ2) is 8.13. The van der Waals surface area contributed by atoms with Crippen LogP contribution in [0.15, 0.2) is 60.7 Å². The molecule has 0 heterocycles. The quantitative estimate of drug-likeness (QED) is 0.465. The van der Waals surface area contributed by atoms with Gasteiger partial charge in [0.15, 0.2) is 5.92 Å². The van der Waals surface area contributed by atoms with E-state index in [1.165, 1.54) is 0 Å². The van der Waals surface area contributed by atoms with Crippen LogP contribution in [0.4, 0.5) is 0 Å². The molecule has 0 aliphatic rings. The second-order valence-electron chi connectivity index (χ2n) is 5.60. The molecule has 0 saturated heterocycles. The van der Waals surface area contributed by atoms with Gasteiger partial charge in [-0.25, -0.2) is 0 Å². The normalized spacial score (nSPS) is 11.8. The summed E-state index contributed by atoms with van der Waals surface area (Å²) in [7, 11) is 0. The average Bonchev–Trinajstić information content (AvgIpc) is 2.55. The molecule has 23 heavy (non-hydrogen) atoms. The van der Waals surface area contributed by atoms with E-state index in [0.717, 1.165) is 0 Å². The molecular weight excluding hydrogens is 292 g/mol. The van der Waals surface area contributed by atoms with E-state index < -0.39 is 17.9 Å². The highest BCUT2D eigenvalue weighted by atomic mass is 16.6. The maximum Gasteiger partial charge on any atom is 0.330 e. The lowest BCUT2D eigenvalue weighted by Gasteiger charge is -2.16. The Morgan fingerprint density at radius 3 is 2.00 bits per heavy atom. The van der Waals surface area contributed by atoms with Gasteiger partial charge >= 0.3 is 11.9 Å². The molecule has 0 radical (unpaired) electrons. The van der Waals surface area contributed by atoms with Crippen LogP contribution in [0.3, 0.4) is 0 Å². The number of hydrogen-bond donors (Lipinski definition) is 0. The molecule has 0 bridgehead atoms. The zero-order valence-corrected chi connectivity index (χ0v) is 13.3. The third-order valence-electron chi connectivity index (χ3n) is 3.12. The Labute approximate surface area is 136 Å². The first kappa shape index (κ1) is 16.7. The molecule has 0 spiro atoms. The van der Waals surface area contributed by atoms with Gasteiger partial charge in [0, 0.05) is 0 Å². The Balaban J connectivity index is 2.19. The highest BCUT2D eigenvalue weighted by molar-refractivity contribution is 6.01. The molecular formula is C19H20O4. The third kappa shape index (κ3) is 4.95. The molecule has 120 valence electrons. The van der Waals surface area contributed by atoms with Gasteiger partial charge in [-0.1, -0.05) is 62.4 Å². The van der Waals surface area contributed by atoms with Crippen LogP contribution in [-0.2, 0) is 14.3 Å². The summed E-state index contributed by atoms with van der Waals surface area (Å²) in [6.45, 7) is 4.14. The van der Waals surface area contributed by atoms with Gasteiger partial charge in [0.25, 0.3) is 0 Å². The van der Waals surface area contributed by atoms with Crippen LogP contribution in [0.2, 0.25) is 0 Å². The predicted molar refractivity (Wildman–Crippen MR) is 87.1 cm³/mol. The Bertz CT molecular complexity index is 635. The third-order valence-corrected chi connectivity index (χ3v) is 3.12. The van der Waals surface area contributed by atoms with Gasteiger partial charge in [-0.2, -0.15) is 0 Å². The molecule has 0 aliphatic heterocycles. The number of para-hydroxylation sites is 1. The SMILES string of the molecule is CC(C)COC(=O)C(C(=O)Oc1ccccc1)c1ccccc1. The van der Waals surface area contributed by atoms with Crippen LogP contribution in [0.25, 0.3) is 0 Å². The lowest BCUT2D eigenvalue weighted by Crippen LogP contribution is -2.28. The van der Waals surface area contributed by atoms with Crippen LogP contribution in [0.1, 0.15) is 25.3 Å². The van der Waals surface area contributed by atoms with Crippen LogP contribution in [-0.4, -0.2) is 18.5 Å². The molecule has 0 aromatic heterocycles. The Morgan fingerprint density at radius 2 is 1.43 bits per heavy atom. The molecule has 2 rings (SSSR count). The zero-order chi connectivity index (χ0) is 16.7. The molecule has 1 unspecified atom stereocenters. The summed E-state index contributed by atoms with van der Waals surface area (Å²) in [5.74, 6) is -1.73. The number of carbonyl (C=O) groups is 2. The van der Waals surface area contributed by atoms with Crippen molar-refractivity contribution < 1.29 is 19.1 Å². The zero-order valence-electron chi connectivity index (χ0n) is 13.3. The summed E-state index contributed by atoms with van der Waals surface area (Å²) < 4.78 is 10.6. The van der Waals surface area contributed by atoms with Gasteiger partial charge in [0.05, 0.1) is 6.61 Å². The van der Waals surface area contributed by atoms with Crippen LogP contribution >= 0.6 is 0 Å². The number of hydrogen-bond acceptors (Lipinski definition) is 4. The highest BCUT2D eigenvalue weighted by Gasteiger charge is 2.32. The van der Waals surface area contributed by atoms with Crippen molar-refractivity contribution in [3.8, 4) is 5.75 Å². The molecule has 0 fully saturated rings. The van der Waals surface area contributed by atoms with Gasteiger partial charge in [0.1, 0.15) is 5.75 Å². The fourth-order valence-corrected chi connectivity index (χ4v) is 2.01. The first-order valence-electron chi connectivity index (χ1n) is 7.56. The molecule has 0 saturated carbocycles. The molecule has 2 aromatic carbocycles. The minimum absolute atomic E-state index is 0.195. The van der Waals surface area contributed by atoms with Gasteiger partial charge in [-0.15, -0.1) is 0 Å². The Hall–Kier alpha value is -2.62. The molecule has 0 aliphatic carbocycles. The molecule has 2 aromatic rings. The summed E-state index contributed by atoms with van der Waals surface area (Å²) in [4.78, 5) is 24.8. The number of esters is 2. The van der Waals surface area contributed by atoms with Crippen molar-refractivity contribution in [3.63, 3.8) is 0 Å². The molecule has 4 nitrogen and oxygen atoms in total. The average molecular weight is 312 g/mol. The molecule has 1 atom stereocenters. The van der Waals surface area contributed by atoms with E-state index in [0.29, 0.717) is 11.3 Å². The van der Waals surface area contributed by atoms with Crippen molar-refractivity contribution >= 4 is 11.9 Å². The topological polar surface area (TPSA) is 52.6 Å².